The Morgan fingerprint density at radius 1 is 1.43 bits per heavy atom. The molecule has 4 heteroatoms. The van der Waals surface area contributed by atoms with Crippen molar-refractivity contribution < 1.29 is 5.11 Å². The van der Waals surface area contributed by atoms with Gasteiger partial charge in [0.05, 0.1) is 19.3 Å². The van der Waals surface area contributed by atoms with Crippen molar-refractivity contribution in [1.82, 2.24) is 15.1 Å². The minimum Gasteiger partial charge on any atom is -0.394 e. The number of aliphatic hydroxyl groups is 1. The van der Waals surface area contributed by atoms with Crippen LogP contribution in [0.15, 0.2) is 6.20 Å². The smallest absolute Gasteiger partial charge is 0.0644 e. The van der Waals surface area contributed by atoms with E-state index in [2.05, 4.69) is 24.3 Å². The normalized spacial score (nSPS) is 19.5. The first kappa shape index (κ1) is 16.5. The van der Waals surface area contributed by atoms with Crippen molar-refractivity contribution in [2.24, 2.45) is 0 Å². The van der Waals surface area contributed by atoms with Crippen LogP contribution in [0.4, 0.5) is 0 Å². The van der Waals surface area contributed by atoms with E-state index in [0.717, 1.165) is 6.42 Å². The van der Waals surface area contributed by atoms with E-state index in [1.165, 1.54) is 56.2 Å². The van der Waals surface area contributed by atoms with Gasteiger partial charge in [-0.2, -0.15) is 5.10 Å². The van der Waals surface area contributed by atoms with E-state index in [-0.39, 0.29) is 6.61 Å². The Kier molecular flexibility index (Phi) is 6.71. The largest absolute Gasteiger partial charge is 0.394 e. The first-order valence-corrected chi connectivity index (χ1v) is 8.67. The van der Waals surface area contributed by atoms with Gasteiger partial charge in [-0.25, -0.2) is 0 Å². The van der Waals surface area contributed by atoms with Crippen molar-refractivity contribution in [1.29, 1.82) is 0 Å². The van der Waals surface area contributed by atoms with Gasteiger partial charge >= 0.3 is 0 Å². The maximum Gasteiger partial charge on any atom is 0.0644 e. The van der Waals surface area contributed by atoms with Gasteiger partial charge in [0.15, 0.2) is 0 Å². The molecule has 2 rings (SSSR count). The van der Waals surface area contributed by atoms with Gasteiger partial charge in [0.2, 0.25) is 0 Å². The maximum atomic E-state index is 9.12. The zero-order chi connectivity index (χ0) is 15.1. The predicted octanol–water partition coefficient (Wildman–Crippen LogP) is 3.20. The molecule has 120 valence electrons. The average Bonchev–Trinajstić information content (AvgIpc) is 2.89. The number of aliphatic hydroxyl groups excluding tert-OH is 1. The second-order valence-electron chi connectivity index (χ2n) is 6.36. The van der Waals surface area contributed by atoms with Crippen LogP contribution in [0.5, 0.6) is 0 Å². The Hall–Kier alpha value is -0.870. The first-order chi connectivity index (χ1) is 10.3. The van der Waals surface area contributed by atoms with E-state index in [0.29, 0.717) is 18.6 Å². The molecule has 2 unspecified atom stereocenters. The second kappa shape index (κ2) is 8.54. The highest BCUT2D eigenvalue weighted by atomic mass is 16.3. The number of hydrogen-bond donors (Lipinski definition) is 2. The standard InChI is InChI=1S/C17H31N3O/c1-3-4-5-6-8-14(2)19-16-9-7-10-17-15(16)13-18-20(17)11-12-21/h13-14,16,19,21H,3-12H2,1-2H3. The van der Waals surface area contributed by atoms with Crippen LogP contribution in [-0.2, 0) is 13.0 Å². The van der Waals surface area contributed by atoms with Gasteiger partial charge in [0, 0.05) is 23.3 Å². The summed E-state index contributed by atoms with van der Waals surface area (Å²) in [7, 11) is 0. The highest BCUT2D eigenvalue weighted by molar-refractivity contribution is 5.25. The fraction of sp³-hybridized carbons (Fsp3) is 0.824. The SMILES string of the molecule is CCCCCCC(C)NC1CCCc2c1cnn2CCO. The van der Waals surface area contributed by atoms with E-state index >= 15 is 0 Å². The van der Waals surface area contributed by atoms with Gasteiger partial charge in [-0.05, 0) is 32.6 Å². The van der Waals surface area contributed by atoms with Crippen molar-refractivity contribution in [3.8, 4) is 0 Å². The summed E-state index contributed by atoms with van der Waals surface area (Å²) in [6.07, 6.45) is 12.1. The van der Waals surface area contributed by atoms with Crippen LogP contribution in [0, 0.1) is 0 Å². The van der Waals surface area contributed by atoms with Gasteiger partial charge in [0.25, 0.3) is 0 Å². The average molecular weight is 293 g/mol. The van der Waals surface area contributed by atoms with Gasteiger partial charge in [0.1, 0.15) is 0 Å². The summed E-state index contributed by atoms with van der Waals surface area (Å²) >= 11 is 0. The third-order valence-corrected chi connectivity index (χ3v) is 4.55. The number of fused-ring (bicyclic) bond motifs is 1. The second-order valence-corrected chi connectivity index (χ2v) is 6.36. The monoisotopic (exact) mass is 293 g/mol. The lowest BCUT2D eigenvalue weighted by Gasteiger charge is -2.27. The lowest BCUT2D eigenvalue weighted by atomic mass is 9.92. The molecule has 21 heavy (non-hydrogen) atoms. The molecule has 1 aliphatic carbocycles. The zero-order valence-electron chi connectivity index (χ0n) is 13.6. The summed E-state index contributed by atoms with van der Waals surface area (Å²) in [5.41, 5.74) is 2.68. The third kappa shape index (κ3) is 4.55. The molecule has 0 amide bonds. The molecule has 1 heterocycles. The molecule has 1 aromatic heterocycles. The molecule has 0 spiro atoms. The van der Waals surface area contributed by atoms with E-state index in [4.69, 9.17) is 5.11 Å². The Bertz CT molecular complexity index is 416. The van der Waals surface area contributed by atoms with Crippen LogP contribution >= 0.6 is 0 Å². The molecule has 1 aromatic rings. The summed E-state index contributed by atoms with van der Waals surface area (Å²) < 4.78 is 1.98. The predicted molar refractivity (Wildman–Crippen MR) is 86.3 cm³/mol. The van der Waals surface area contributed by atoms with Gasteiger partial charge < -0.3 is 10.4 Å². The van der Waals surface area contributed by atoms with Crippen LogP contribution in [0.1, 0.15) is 76.1 Å². The molecule has 2 atom stereocenters. The Labute approximate surface area is 128 Å². The van der Waals surface area contributed by atoms with Crippen LogP contribution in [0.2, 0.25) is 0 Å². The number of aromatic nitrogens is 2. The Balaban J connectivity index is 1.88. The number of nitrogens with zero attached hydrogens (tertiary/aromatic N) is 2. The highest BCUT2D eigenvalue weighted by Crippen LogP contribution is 2.30. The molecule has 0 saturated heterocycles. The van der Waals surface area contributed by atoms with Crippen LogP contribution in [0.3, 0.4) is 0 Å². The molecule has 0 bridgehead atoms. The molecule has 4 nitrogen and oxygen atoms in total. The Morgan fingerprint density at radius 2 is 2.29 bits per heavy atom. The minimum atomic E-state index is 0.167. The molecule has 0 saturated carbocycles. The number of nitrogens with one attached hydrogen (secondary N) is 1. The minimum absolute atomic E-state index is 0.167. The molecule has 0 aliphatic heterocycles. The summed E-state index contributed by atoms with van der Waals surface area (Å²) in [6, 6.07) is 1.02. The lowest BCUT2D eigenvalue weighted by Crippen LogP contribution is -2.32. The van der Waals surface area contributed by atoms with Crippen molar-refractivity contribution in [3.05, 3.63) is 17.5 Å². The van der Waals surface area contributed by atoms with E-state index in [1.807, 2.05) is 10.9 Å². The topological polar surface area (TPSA) is 50.1 Å². The van der Waals surface area contributed by atoms with E-state index in [1.54, 1.807) is 0 Å². The van der Waals surface area contributed by atoms with Crippen LogP contribution in [-0.4, -0.2) is 27.5 Å². The molecule has 2 N–H and O–H groups in total. The van der Waals surface area contributed by atoms with Crippen molar-refractivity contribution >= 4 is 0 Å². The fourth-order valence-corrected chi connectivity index (χ4v) is 3.38. The van der Waals surface area contributed by atoms with Gasteiger partial charge in [-0.15, -0.1) is 0 Å². The highest BCUT2D eigenvalue weighted by Gasteiger charge is 2.24. The van der Waals surface area contributed by atoms with E-state index in [9.17, 15) is 0 Å². The number of rotatable bonds is 9. The first-order valence-electron chi connectivity index (χ1n) is 8.67. The number of unbranched alkanes of at least 4 members (excludes halogenated alkanes) is 3. The summed E-state index contributed by atoms with van der Waals surface area (Å²) in [6.45, 7) is 5.35. The molecular weight excluding hydrogens is 262 g/mol. The van der Waals surface area contributed by atoms with Crippen molar-refractivity contribution in [2.45, 2.75) is 83.8 Å². The third-order valence-electron chi connectivity index (χ3n) is 4.55. The quantitative estimate of drug-likeness (QED) is 0.687. The van der Waals surface area contributed by atoms with Crippen molar-refractivity contribution in [2.75, 3.05) is 6.61 Å². The summed E-state index contributed by atoms with van der Waals surface area (Å²) in [5.74, 6) is 0. The van der Waals surface area contributed by atoms with Crippen LogP contribution < -0.4 is 5.32 Å². The van der Waals surface area contributed by atoms with E-state index < -0.39 is 0 Å². The van der Waals surface area contributed by atoms with Crippen molar-refractivity contribution in [3.63, 3.8) is 0 Å². The zero-order valence-corrected chi connectivity index (χ0v) is 13.6. The number of hydrogen-bond acceptors (Lipinski definition) is 3. The molecule has 0 fully saturated rings. The summed E-state index contributed by atoms with van der Waals surface area (Å²) in [5, 5.41) is 17.4. The Morgan fingerprint density at radius 3 is 3.05 bits per heavy atom. The fourth-order valence-electron chi connectivity index (χ4n) is 3.38. The molecular formula is C17H31N3O. The summed E-state index contributed by atoms with van der Waals surface area (Å²) in [4.78, 5) is 0. The van der Waals surface area contributed by atoms with Crippen LogP contribution in [0.25, 0.3) is 0 Å². The van der Waals surface area contributed by atoms with Gasteiger partial charge in [-0.3, -0.25) is 4.68 Å². The lowest BCUT2D eigenvalue weighted by molar-refractivity contribution is 0.266. The molecule has 1 aliphatic rings. The molecule has 0 aromatic carbocycles. The maximum absolute atomic E-state index is 9.12. The molecule has 0 radical (unpaired) electrons. The van der Waals surface area contributed by atoms with Gasteiger partial charge in [-0.1, -0.05) is 32.6 Å².